The lowest BCUT2D eigenvalue weighted by Gasteiger charge is -2.30. The van der Waals surface area contributed by atoms with Gasteiger partial charge in [-0.3, -0.25) is 14.5 Å². The molecule has 1 aliphatic heterocycles. The minimum Gasteiger partial charge on any atom is -0.309 e. The van der Waals surface area contributed by atoms with Crippen LogP contribution in [0, 0.1) is 26.7 Å². The fraction of sp³-hybridized carbons (Fsp3) is 0.375. The van der Waals surface area contributed by atoms with Crippen molar-refractivity contribution in [3.63, 3.8) is 0 Å². The zero-order valence-corrected chi connectivity index (χ0v) is 19.8. The number of anilines is 1. The van der Waals surface area contributed by atoms with Gasteiger partial charge in [0.05, 0.1) is 12.2 Å². The summed E-state index contributed by atoms with van der Waals surface area (Å²) in [5.74, 6) is 0.940. The minimum atomic E-state index is -0.136. The van der Waals surface area contributed by atoms with E-state index in [2.05, 4.69) is 25.3 Å². The molecular formula is C24H27ClN6O2. The predicted molar refractivity (Wildman–Crippen MR) is 127 cm³/mol. The molecule has 172 valence electrons. The van der Waals surface area contributed by atoms with Gasteiger partial charge in [-0.1, -0.05) is 11.6 Å². The molecule has 3 aromatic rings. The van der Waals surface area contributed by atoms with Crippen molar-refractivity contribution in [2.75, 3.05) is 25.0 Å². The van der Waals surface area contributed by atoms with Crippen molar-refractivity contribution in [1.82, 2.24) is 24.6 Å². The van der Waals surface area contributed by atoms with Crippen molar-refractivity contribution in [2.45, 2.75) is 33.6 Å². The van der Waals surface area contributed by atoms with E-state index < -0.39 is 0 Å². The Morgan fingerprint density at radius 2 is 1.64 bits per heavy atom. The molecule has 1 aromatic carbocycles. The van der Waals surface area contributed by atoms with Crippen LogP contribution in [0.25, 0.3) is 5.95 Å². The predicted octanol–water partition coefficient (Wildman–Crippen LogP) is 3.77. The van der Waals surface area contributed by atoms with Gasteiger partial charge in [0.15, 0.2) is 5.78 Å². The highest BCUT2D eigenvalue weighted by molar-refractivity contribution is 6.30. The summed E-state index contributed by atoms with van der Waals surface area (Å²) in [5, 5.41) is 8.00. The van der Waals surface area contributed by atoms with Gasteiger partial charge in [-0.15, -0.1) is 0 Å². The number of rotatable bonds is 6. The number of aryl methyl sites for hydroxylation is 3. The molecule has 2 aromatic heterocycles. The van der Waals surface area contributed by atoms with Crippen molar-refractivity contribution >= 4 is 29.1 Å². The molecule has 0 spiro atoms. The monoisotopic (exact) mass is 466 g/mol. The zero-order valence-electron chi connectivity index (χ0n) is 19.0. The van der Waals surface area contributed by atoms with E-state index >= 15 is 0 Å². The number of carbonyl (C=O) groups excluding carboxylic acids is 2. The van der Waals surface area contributed by atoms with Crippen LogP contribution in [0.5, 0.6) is 0 Å². The Hall–Kier alpha value is -3.10. The van der Waals surface area contributed by atoms with Gasteiger partial charge in [-0.2, -0.15) is 9.78 Å². The molecule has 0 bridgehead atoms. The van der Waals surface area contributed by atoms with Crippen LogP contribution >= 0.6 is 11.6 Å². The molecule has 9 heteroatoms. The number of ketones is 1. The van der Waals surface area contributed by atoms with Crippen LogP contribution in [-0.4, -0.2) is 56.0 Å². The van der Waals surface area contributed by atoms with Gasteiger partial charge >= 0.3 is 0 Å². The third-order valence-corrected chi connectivity index (χ3v) is 5.97. The van der Waals surface area contributed by atoms with Gasteiger partial charge in [0.25, 0.3) is 5.95 Å². The number of hydrogen-bond donors (Lipinski definition) is 1. The maximum absolute atomic E-state index is 12.8. The Morgan fingerprint density at radius 1 is 1.00 bits per heavy atom. The van der Waals surface area contributed by atoms with Gasteiger partial charge in [-0.25, -0.2) is 9.97 Å². The molecule has 1 saturated heterocycles. The third kappa shape index (κ3) is 5.64. The standard InChI is InChI=1S/C24H27ClN6O2/c1-15-12-16(2)27-24(26-15)31-21(13-17(3)29-31)28-22(32)14-30-10-8-19(9-11-30)23(33)18-4-6-20(25)7-5-18/h4-7,12-13,19H,8-11,14H2,1-3H3,(H,28,32). The normalized spacial score (nSPS) is 14.9. The first-order valence-electron chi connectivity index (χ1n) is 11.0. The zero-order chi connectivity index (χ0) is 23.5. The number of benzene rings is 1. The van der Waals surface area contributed by atoms with E-state index in [0.717, 1.165) is 29.9 Å². The van der Waals surface area contributed by atoms with E-state index in [-0.39, 0.29) is 24.2 Å². The maximum Gasteiger partial charge on any atom is 0.252 e. The summed E-state index contributed by atoms with van der Waals surface area (Å²) in [4.78, 5) is 36.5. The largest absolute Gasteiger partial charge is 0.309 e. The number of halogens is 1. The maximum atomic E-state index is 12.8. The molecule has 33 heavy (non-hydrogen) atoms. The molecule has 1 fully saturated rings. The summed E-state index contributed by atoms with van der Waals surface area (Å²) in [6, 6.07) is 10.7. The lowest BCUT2D eigenvalue weighted by atomic mass is 9.89. The summed E-state index contributed by atoms with van der Waals surface area (Å²) in [5.41, 5.74) is 3.11. The summed E-state index contributed by atoms with van der Waals surface area (Å²) >= 11 is 5.92. The fourth-order valence-corrected chi connectivity index (χ4v) is 4.26. The number of amides is 1. The second kappa shape index (κ2) is 9.80. The first-order chi connectivity index (χ1) is 15.8. The van der Waals surface area contributed by atoms with Gasteiger partial charge in [0.1, 0.15) is 5.82 Å². The van der Waals surface area contributed by atoms with Crippen LogP contribution < -0.4 is 5.32 Å². The molecule has 1 aliphatic rings. The molecule has 8 nitrogen and oxygen atoms in total. The molecule has 1 N–H and O–H groups in total. The number of hydrogen-bond acceptors (Lipinski definition) is 6. The molecule has 1 amide bonds. The van der Waals surface area contributed by atoms with E-state index in [1.807, 2.05) is 26.8 Å². The van der Waals surface area contributed by atoms with Crippen molar-refractivity contribution in [1.29, 1.82) is 0 Å². The number of carbonyl (C=O) groups is 2. The van der Waals surface area contributed by atoms with E-state index in [1.54, 1.807) is 35.0 Å². The van der Waals surface area contributed by atoms with Gasteiger partial charge in [-0.05, 0) is 77.0 Å². The summed E-state index contributed by atoms with van der Waals surface area (Å²) in [6.07, 6.45) is 1.45. The number of piperidine rings is 1. The molecule has 0 unspecified atom stereocenters. The Balaban J connectivity index is 1.35. The van der Waals surface area contributed by atoms with Crippen LogP contribution in [0.4, 0.5) is 5.82 Å². The number of aromatic nitrogens is 4. The smallest absolute Gasteiger partial charge is 0.252 e. The number of nitrogens with zero attached hydrogens (tertiary/aromatic N) is 5. The fourth-order valence-electron chi connectivity index (χ4n) is 4.13. The third-order valence-electron chi connectivity index (χ3n) is 5.71. The second-order valence-corrected chi connectivity index (χ2v) is 8.94. The molecule has 0 aliphatic carbocycles. The number of nitrogens with one attached hydrogen (secondary N) is 1. The number of likely N-dealkylation sites (tertiary alicyclic amines) is 1. The highest BCUT2D eigenvalue weighted by Gasteiger charge is 2.27. The van der Waals surface area contributed by atoms with E-state index in [4.69, 9.17) is 11.6 Å². The van der Waals surface area contributed by atoms with Crippen LogP contribution in [0.2, 0.25) is 5.02 Å². The molecule has 0 radical (unpaired) electrons. The van der Waals surface area contributed by atoms with E-state index in [9.17, 15) is 9.59 Å². The van der Waals surface area contributed by atoms with Crippen molar-refractivity contribution in [3.05, 3.63) is 64.1 Å². The summed E-state index contributed by atoms with van der Waals surface area (Å²) in [6.45, 7) is 7.28. The lowest BCUT2D eigenvalue weighted by molar-refractivity contribution is -0.117. The summed E-state index contributed by atoms with van der Waals surface area (Å²) < 4.78 is 1.56. The highest BCUT2D eigenvalue weighted by Crippen LogP contribution is 2.23. The van der Waals surface area contributed by atoms with E-state index in [1.165, 1.54) is 0 Å². The quantitative estimate of drug-likeness (QED) is 0.556. The molecule has 0 saturated carbocycles. The van der Waals surface area contributed by atoms with Crippen LogP contribution in [0.15, 0.2) is 36.4 Å². The van der Waals surface area contributed by atoms with E-state index in [0.29, 0.717) is 35.4 Å². The minimum absolute atomic E-state index is 0.0312. The van der Waals surface area contributed by atoms with Crippen molar-refractivity contribution < 1.29 is 9.59 Å². The average molecular weight is 467 g/mol. The Kier molecular flexibility index (Phi) is 6.85. The topological polar surface area (TPSA) is 93.0 Å². The van der Waals surface area contributed by atoms with Crippen molar-refractivity contribution in [2.24, 2.45) is 5.92 Å². The van der Waals surface area contributed by atoms with Crippen LogP contribution in [-0.2, 0) is 4.79 Å². The first-order valence-corrected chi connectivity index (χ1v) is 11.4. The molecule has 0 atom stereocenters. The Labute approximate surface area is 198 Å². The van der Waals surface area contributed by atoms with Gasteiger partial charge < -0.3 is 5.32 Å². The summed E-state index contributed by atoms with van der Waals surface area (Å²) in [7, 11) is 0. The lowest BCUT2D eigenvalue weighted by Crippen LogP contribution is -2.41. The van der Waals surface area contributed by atoms with Gasteiger partial charge in [0.2, 0.25) is 5.91 Å². The molecular weight excluding hydrogens is 440 g/mol. The number of Topliss-reactive ketones (excluding diaryl/α,β-unsaturated/α-hetero) is 1. The second-order valence-electron chi connectivity index (χ2n) is 8.50. The Morgan fingerprint density at radius 3 is 2.27 bits per heavy atom. The van der Waals surface area contributed by atoms with Crippen LogP contribution in [0.1, 0.15) is 40.3 Å². The first kappa shape index (κ1) is 23.1. The van der Waals surface area contributed by atoms with Crippen molar-refractivity contribution in [3.8, 4) is 5.95 Å². The SMILES string of the molecule is Cc1cc(C)nc(-n2nc(C)cc2NC(=O)CN2CCC(C(=O)c3ccc(Cl)cc3)CC2)n1. The molecule has 3 heterocycles. The highest BCUT2D eigenvalue weighted by atomic mass is 35.5. The van der Waals surface area contributed by atoms with Gasteiger partial charge in [0, 0.05) is 34.0 Å². The molecule has 4 rings (SSSR count). The average Bonchev–Trinajstić information content (AvgIpc) is 3.13. The Bertz CT molecular complexity index is 1150. The van der Waals surface area contributed by atoms with Crippen LogP contribution in [0.3, 0.4) is 0 Å².